The number of amides is 4. The minimum atomic E-state index is -0.237. The third kappa shape index (κ3) is 2.66. The summed E-state index contributed by atoms with van der Waals surface area (Å²) in [6.07, 6.45) is 10.2. The molecule has 6 aliphatic rings. The van der Waals surface area contributed by atoms with Crippen molar-refractivity contribution >= 4 is 46.0 Å². The number of fused-ring (bicyclic) bond motifs is 11. The number of H-pyrrole nitrogens is 1. The monoisotopic (exact) mass is 516 g/mol. The summed E-state index contributed by atoms with van der Waals surface area (Å²) in [5.74, 6) is 0.0185. The van der Waals surface area contributed by atoms with Gasteiger partial charge in [-0.05, 0) is 79.0 Å². The van der Waals surface area contributed by atoms with Gasteiger partial charge in [-0.1, -0.05) is 24.3 Å². The van der Waals surface area contributed by atoms with E-state index in [1.807, 2.05) is 24.3 Å². The van der Waals surface area contributed by atoms with Crippen molar-refractivity contribution in [2.75, 3.05) is 9.80 Å². The second kappa shape index (κ2) is 7.20. The number of aromatic amines is 1. The summed E-state index contributed by atoms with van der Waals surface area (Å²) in [4.78, 5) is 63.5. The van der Waals surface area contributed by atoms with Crippen molar-refractivity contribution in [1.29, 1.82) is 0 Å². The zero-order valence-electron chi connectivity index (χ0n) is 20.9. The second-order valence-corrected chi connectivity index (χ2v) is 11.9. The van der Waals surface area contributed by atoms with Gasteiger partial charge >= 0.3 is 0 Å². The standard InChI is InChI=1S/C31H24N4O4/c36-28-23-15-1-2-16(11-15)24(23)29(37)34(28)19-7-5-14(6-8-19)27-32-21-10-9-20(13-22(21)33-27)35-30(38)25-17-3-4-18(12-17)26(25)31(35)39/h1-10,13,15-18,23-26H,11-12H2,(H,32,33)/t15-,16-,17-,18-,23-,24+,25+,26+/m0/s1. The fraction of sp³-hybridized carbons (Fsp3) is 0.323. The van der Waals surface area contributed by atoms with Gasteiger partial charge in [-0.15, -0.1) is 0 Å². The van der Waals surface area contributed by atoms with E-state index in [0.29, 0.717) is 17.2 Å². The summed E-state index contributed by atoms with van der Waals surface area (Å²) in [6, 6.07) is 12.7. The van der Waals surface area contributed by atoms with Crippen molar-refractivity contribution in [2.24, 2.45) is 47.3 Å². The highest BCUT2D eigenvalue weighted by atomic mass is 16.2. The predicted molar refractivity (Wildman–Crippen MR) is 142 cm³/mol. The highest BCUT2D eigenvalue weighted by Gasteiger charge is 2.60. The van der Waals surface area contributed by atoms with Crippen LogP contribution in [-0.4, -0.2) is 33.6 Å². The van der Waals surface area contributed by atoms with E-state index in [1.54, 1.807) is 18.2 Å². The van der Waals surface area contributed by atoms with Crippen LogP contribution in [0.25, 0.3) is 22.4 Å². The maximum atomic E-state index is 13.2. The van der Waals surface area contributed by atoms with Crippen molar-refractivity contribution in [2.45, 2.75) is 12.8 Å². The molecule has 9 rings (SSSR count). The normalized spacial score (nSPS) is 35.4. The van der Waals surface area contributed by atoms with Crippen LogP contribution < -0.4 is 9.80 Å². The van der Waals surface area contributed by atoms with Gasteiger partial charge in [0.05, 0.1) is 46.1 Å². The molecule has 4 amide bonds. The Morgan fingerprint density at radius 1 is 0.615 bits per heavy atom. The van der Waals surface area contributed by atoms with Gasteiger partial charge in [-0.3, -0.25) is 24.1 Å². The molecule has 2 saturated heterocycles. The molecule has 1 N–H and O–H groups in total. The summed E-state index contributed by atoms with van der Waals surface area (Å²) in [5, 5.41) is 0. The third-order valence-corrected chi connectivity index (χ3v) is 10.1. The molecule has 8 nitrogen and oxygen atoms in total. The molecule has 8 atom stereocenters. The molecule has 0 unspecified atom stereocenters. The van der Waals surface area contributed by atoms with E-state index in [-0.39, 0.29) is 71.0 Å². The Balaban J connectivity index is 0.997. The SMILES string of the molecule is O=C1[C@@H]2[C@H](C(=O)N1c1ccc(-c3nc4ccc(N5C(=O)[C@H]6[C@H](C5=O)[C@H]5C=C[C@H]6C5)cc4[nH]3)cc1)[C@H]1C=C[C@H]2C1. The number of nitrogens with zero attached hydrogens (tertiary/aromatic N) is 3. The van der Waals surface area contributed by atoms with E-state index >= 15 is 0 Å². The molecule has 3 heterocycles. The molecule has 8 heteroatoms. The summed E-state index contributed by atoms with van der Waals surface area (Å²) in [6.45, 7) is 0. The van der Waals surface area contributed by atoms with Gasteiger partial charge in [0.1, 0.15) is 5.82 Å². The number of anilines is 2. The van der Waals surface area contributed by atoms with E-state index in [1.165, 1.54) is 9.80 Å². The van der Waals surface area contributed by atoms with Gasteiger partial charge < -0.3 is 4.98 Å². The molecule has 4 bridgehead atoms. The summed E-state index contributed by atoms with van der Waals surface area (Å²) < 4.78 is 0. The first-order chi connectivity index (χ1) is 19.0. The lowest BCUT2D eigenvalue weighted by atomic mass is 9.85. The number of hydrogen-bond acceptors (Lipinski definition) is 5. The summed E-state index contributed by atoms with van der Waals surface area (Å²) >= 11 is 0. The minimum Gasteiger partial charge on any atom is -0.338 e. The Morgan fingerprint density at radius 2 is 1.08 bits per heavy atom. The van der Waals surface area contributed by atoms with Gasteiger partial charge in [0.2, 0.25) is 23.6 Å². The van der Waals surface area contributed by atoms with Gasteiger partial charge in [-0.25, -0.2) is 9.88 Å². The summed E-state index contributed by atoms with van der Waals surface area (Å²) in [7, 11) is 0. The number of nitrogens with one attached hydrogen (secondary N) is 1. The van der Waals surface area contributed by atoms with Crippen LogP contribution in [0.2, 0.25) is 0 Å². The van der Waals surface area contributed by atoms with E-state index in [2.05, 4.69) is 29.3 Å². The Kier molecular flexibility index (Phi) is 3.98. The Morgan fingerprint density at radius 3 is 1.59 bits per heavy atom. The third-order valence-electron chi connectivity index (χ3n) is 10.1. The van der Waals surface area contributed by atoms with Crippen molar-refractivity contribution in [3.8, 4) is 11.4 Å². The number of benzene rings is 2. The van der Waals surface area contributed by atoms with Crippen molar-refractivity contribution < 1.29 is 19.2 Å². The molecule has 1 aromatic heterocycles. The number of rotatable bonds is 3. The average Bonchev–Trinajstić information content (AvgIpc) is 3.79. The minimum absolute atomic E-state index is 0.0928. The number of allylic oxidation sites excluding steroid dienone is 4. The van der Waals surface area contributed by atoms with Gasteiger partial charge in [0.15, 0.2) is 0 Å². The van der Waals surface area contributed by atoms with E-state index in [0.717, 1.165) is 29.4 Å². The van der Waals surface area contributed by atoms with Gasteiger partial charge in [-0.2, -0.15) is 0 Å². The van der Waals surface area contributed by atoms with Crippen LogP contribution in [0.1, 0.15) is 12.8 Å². The number of aromatic nitrogens is 2. The predicted octanol–water partition coefficient (Wildman–Crippen LogP) is 3.85. The molecule has 4 fully saturated rings. The smallest absolute Gasteiger partial charge is 0.238 e. The number of carbonyl (C=O) groups excluding carboxylic acids is 4. The fourth-order valence-electron chi connectivity index (χ4n) is 8.36. The van der Waals surface area contributed by atoms with E-state index in [4.69, 9.17) is 4.98 Å². The van der Waals surface area contributed by atoms with Crippen LogP contribution >= 0.6 is 0 Å². The van der Waals surface area contributed by atoms with Crippen LogP contribution in [0.5, 0.6) is 0 Å². The molecule has 3 aromatic rings. The van der Waals surface area contributed by atoms with Crippen LogP contribution in [-0.2, 0) is 19.2 Å². The zero-order chi connectivity index (χ0) is 26.2. The molecular weight excluding hydrogens is 492 g/mol. The Bertz CT molecular complexity index is 1660. The number of carbonyl (C=O) groups is 4. The lowest BCUT2D eigenvalue weighted by Crippen LogP contribution is -2.32. The van der Waals surface area contributed by atoms with E-state index < -0.39 is 0 Å². The Labute approximate surface area is 223 Å². The quantitative estimate of drug-likeness (QED) is 0.421. The first-order valence-electron chi connectivity index (χ1n) is 13.7. The molecule has 39 heavy (non-hydrogen) atoms. The molecule has 2 aromatic carbocycles. The zero-order valence-corrected chi connectivity index (χ0v) is 20.9. The number of imide groups is 2. The molecule has 2 aliphatic heterocycles. The van der Waals surface area contributed by atoms with Crippen molar-refractivity contribution in [1.82, 2.24) is 9.97 Å². The Hall–Kier alpha value is -4.33. The maximum Gasteiger partial charge on any atom is 0.238 e. The highest BCUT2D eigenvalue weighted by molar-refractivity contribution is 6.24. The summed E-state index contributed by atoms with van der Waals surface area (Å²) in [5.41, 5.74) is 3.41. The first kappa shape index (κ1) is 21.6. The van der Waals surface area contributed by atoms with Crippen molar-refractivity contribution in [3.05, 3.63) is 66.8 Å². The number of hydrogen-bond donors (Lipinski definition) is 1. The average molecular weight is 517 g/mol. The lowest BCUT2D eigenvalue weighted by Gasteiger charge is -2.17. The largest absolute Gasteiger partial charge is 0.338 e. The molecule has 2 saturated carbocycles. The number of imidazole rings is 1. The fourth-order valence-corrected chi connectivity index (χ4v) is 8.36. The molecule has 192 valence electrons. The van der Waals surface area contributed by atoms with E-state index in [9.17, 15) is 19.2 Å². The van der Waals surface area contributed by atoms with Crippen LogP contribution in [0.4, 0.5) is 11.4 Å². The second-order valence-electron chi connectivity index (χ2n) is 11.9. The molecule has 0 radical (unpaired) electrons. The topological polar surface area (TPSA) is 103 Å². The lowest BCUT2D eigenvalue weighted by molar-refractivity contribution is -0.124. The molecule has 4 aliphatic carbocycles. The van der Waals surface area contributed by atoms with Crippen molar-refractivity contribution in [3.63, 3.8) is 0 Å². The maximum absolute atomic E-state index is 13.2. The molecule has 0 spiro atoms. The highest BCUT2D eigenvalue weighted by Crippen LogP contribution is 2.54. The first-order valence-corrected chi connectivity index (χ1v) is 13.7. The van der Waals surface area contributed by atoms with Crippen LogP contribution in [0.3, 0.4) is 0 Å². The molecular formula is C31H24N4O4. The van der Waals surface area contributed by atoms with Crippen LogP contribution in [0.15, 0.2) is 66.8 Å². The van der Waals surface area contributed by atoms with Gasteiger partial charge in [0.25, 0.3) is 0 Å². The van der Waals surface area contributed by atoms with Gasteiger partial charge in [0, 0.05) is 5.56 Å². The van der Waals surface area contributed by atoms with Crippen LogP contribution in [0, 0.1) is 47.3 Å².